The van der Waals surface area contributed by atoms with Crippen LogP contribution in [0, 0.1) is 0 Å². The van der Waals surface area contributed by atoms with E-state index in [4.69, 9.17) is 5.11 Å². The molecular formula is C12H13NO3S. The molecule has 0 spiro atoms. The first kappa shape index (κ1) is 12.0. The number of aliphatic carboxylic acids is 1. The van der Waals surface area contributed by atoms with Gasteiger partial charge in [0.2, 0.25) is 0 Å². The van der Waals surface area contributed by atoms with Crippen molar-refractivity contribution >= 4 is 23.6 Å². The number of benzene rings is 1. The largest absolute Gasteiger partial charge is 0.480 e. The van der Waals surface area contributed by atoms with Crippen molar-refractivity contribution < 1.29 is 14.7 Å². The lowest BCUT2D eigenvalue weighted by Gasteiger charge is -2.24. The van der Waals surface area contributed by atoms with Crippen molar-refractivity contribution in [2.45, 2.75) is 18.3 Å². The Morgan fingerprint density at radius 1 is 1.35 bits per heavy atom. The maximum atomic E-state index is 12.2. The van der Waals surface area contributed by atoms with Gasteiger partial charge in [0, 0.05) is 11.3 Å². The summed E-state index contributed by atoms with van der Waals surface area (Å²) in [7, 11) is 0. The highest BCUT2D eigenvalue weighted by Crippen LogP contribution is 2.30. The summed E-state index contributed by atoms with van der Waals surface area (Å²) in [4.78, 5) is 24.8. The molecule has 1 aliphatic rings. The standard InChI is InChI=1S/C12H13NO3S/c1-8-13(10(7-17-8)12(15)16)11(14)9-5-3-2-4-6-9/h2-6,8,10H,7H2,1H3,(H,15,16)/t8-,10+/m1/s1. The molecule has 1 N–H and O–H groups in total. The van der Waals surface area contributed by atoms with Crippen molar-refractivity contribution in [1.82, 2.24) is 4.90 Å². The topological polar surface area (TPSA) is 57.6 Å². The number of amides is 1. The van der Waals surface area contributed by atoms with Crippen LogP contribution in [0.3, 0.4) is 0 Å². The molecule has 0 aromatic heterocycles. The van der Waals surface area contributed by atoms with E-state index in [0.29, 0.717) is 11.3 Å². The third-order valence-electron chi connectivity index (χ3n) is 2.76. The zero-order chi connectivity index (χ0) is 12.4. The predicted octanol–water partition coefficient (Wildman–Crippen LogP) is 1.67. The Hall–Kier alpha value is -1.49. The van der Waals surface area contributed by atoms with Crippen molar-refractivity contribution in [3.05, 3.63) is 35.9 Å². The van der Waals surface area contributed by atoms with Crippen molar-refractivity contribution in [3.8, 4) is 0 Å². The zero-order valence-corrected chi connectivity index (χ0v) is 10.2. The molecule has 4 nitrogen and oxygen atoms in total. The molecule has 0 saturated carbocycles. The van der Waals surface area contributed by atoms with Crippen LogP contribution in [-0.4, -0.2) is 39.1 Å². The second-order valence-electron chi connectivity index (χ2n) is 3.87. The van der Waals surface area contributed by atoms with E-state index in [1.165, 1.54) is 16.7 Å². The molecule has 2 atom stereocenters. The number of carbonyl (C=O) groups is 2. The van der Waals surface area contributed by atoms with Crippen molar-refractivity contribution in [2.24, 2.45) is 0 Å². The highest BCUT2D eigenvalue weighted by molar-refractivity contribution is 8.00. The Labute approximate surface area is 104 Å². The van der Waals surface area contributed by atoms with Crippen molar-refractivity contribution in [3.63, 3.8) is 0 Å². The third-order valence-corrected chi connectivity index (χ3v) is 3.98. The van der Waals surface area contributed by atoms with E-state index < -0.39 is 12.0 Å². The molecule has 2 rings (SSSR count). The Morgan fingerprint density at radius 2 is 2.00 bits per heavy atom. The molecule has 0 bridgehead atoms. The van der Waals surface area contributed by atoms with Crippen molar-refractivity contribution in [2.75, 3.05) is 5.75 Å². The van der Waals surface area contributed by atoms with Gasteiger partial charge < -0.3 is 10.0 Å². The average molecular weight is 251 g/mol. The highest BCUT2D eigenvalue weighted by Gasteiger charge is 2.39. The lowest BCUT2D eigenvalue weighted by Crippen LogP contribution is -2.44. The smallest absolute Gasteiger partial charge is 0.327 e. The predicted molar refractivity (Wildman–Crippen MR) is 66.0 cm³/mol. The van der Waals surface area contributed by atoms with E-state index >= 15 is 0 Å². The van der Waals surface area contributed by atoms with Crippen LogP contribution in [-0.2, 0) is 4.79 Å². The maximum Gasteiger partial charge on any atom is 0.327 e. The molecule has 1 aromatic carbocycles. The molecule has 0 aliphatic carbocycles. The summed E-state index contributed by atoms with van der Waals surface area (Å²) >= 11 is 1.49. The number of rotatable bonds is 2. The van der Waals surface area contributed by atoms with Crippen LogP contribution >= 0.6 is 11.8 Å². The molecule has 1 amide bonds. The van der Waals surface area contributed by atoms with Crippen LogP contribution in [0.15, 0.2) is 30.3 Å². The first-order valence-corrected chi connectivity index (χ1v) is 6.38. The SMILES string of the molecule is C[C@H]1SC[C@@H](C(=O)O)N1C(=O)c1ccccc1. The third kappa shape index (κ3) is 2.29. The average Bonchev–Trinajstić information content (AvgIpc) is 2.71. The fourth-order valence-corrected chi connectivity index (χ4v) is 3.04. The number of nitrogens with zero attached hydrogens (tertiary/aromatic N) is 1. The Kier molecular flexibility index (Phi) is 3.38. The van der Waals surface area contributed by atoms with Gasteiger partial charge in [-0.15, -0.1) is 11.8 Å². The van der Waals surface area contributed by atoms with Gasteiger partial charge in [0.15, 0.2) is 0 Å². The summed E-state index contributed by atoms with van der Waals surface area (Å²) in [6.45, 7) is 1.86. The molecule has 1 aromatic rings. The van der Waals surface area contributed by atoms with Gasteiger partial charge in [0.05, 0.1) is 5.37 Å². The molecular weight excluding hydrogens is 238 g/mol. The van der Waals surface area contributed by atoms with E-state index in [9.17, 15) is 9.59 Å². The molecule has 1 aliphatic heterocycles. The van der Waals surface area contributed by atoms with Crippen molar-refractivity contribution in [1.29, 1.82) is 0 Å². The van der Waals surface area contributed by atoms with Gasteiger partial charge in [0.1, 0.15) is 6.04 Å². The minimum Gasteiger partial charge on any atom is -0.480 e. The lowest BCUT2D eigenvalue weighted by atomic mass is 10.1. The van der Waals surface area contributed by atoms with Gasteiger partial charge in [-0.05, 0) is 19.1 Å². The summed E-state index contributed by atoms with van der Waals surface area (Å²) in [6.07, 6.45) is 0. The van der Waals surface area contributed by atoms with Crippen LogP contribution in [0.4, 0.5) is 0 Å². The van der Waals surface area contributed by atoms with E-state index in [2.05, 4.69) is 0 Å². The summed E-state index contributed by atoms with van der Waals surface area (Å²) < 4.78 is 0. The summed E-state index contributed by atoms with van der Waals surface area (Å²) in [5.74, 6) is -0.698. The van der Waals surface area contributed by atoms with Gasteiger partial charge in [-0.25, -0.2) is 4.79 Å². The summed E-state index contributed by atoms with van der Waals surface area (Å²) in [5.41, 5.74) is 0.535. The molecule has 17 heavy (non-hydrogen) atoms. The maximum absolute atomic E-state index is 12.2. The van der Waals surface area contributed by atoms with Gasteiger partial charge in [0.25, 0.3) is 5.91 Å². The molecule has 5 heteroatoms. The molecule has 90 valence electrons. The summed E-state index contributed by atoms with van der Waals surface area (Å²) in [5, 5.41) is 9.00. The van der Waals surface area contributed by atoms with E-state index in [0.717, 1.165) is 0 Å². The van der Waals surface area contributed by atoms with Crippen LogP contribution < -0.4 is 0 Å². The van der Waals surface area contributed by atoms with E-state index in [1.807, 2.05) is 13.0 Å². The fraction of sp³-hybridized carbons (Fsp3) is 0.333. The fourth-order valence-electron chi connectivity index (χ4n) is 1.87. The van der Waals surface area contributed by atoms with Crippen LogP contribution in [0.5, 0.6) is 0 Å². The van der Waals surface area contributed by atoms with Gasteiger partial charge in [-0.1, -0.05) is 18.2 Å². The van der Waals surface area contributed by atoms with Gasteiger partial charge >= 0.3 is 5.97 Å². The second-order valence-corrected chi connectivity index (χ2v) is 5.21. The second kappa shape index (κ2) is 4.79. The Balaban J connectivity index is 2.26. The van der Waals surface area contributed by atoms with E-state index in [1.54, 1.807) is 24.3 Å². The zero-order valence-electron chi connectivity index (χ0n) is 9.37. The minimum atomic E-state index is -0.939. The van der Waals surface area contributed by atoms with E-state index in [-0.39, 0.29) is 11.3 Å². The monoisotopic (exact) mass is 251 g/mol. The molecule has 0 radical (unpaired) electrons. The van der Waals surface area contributed by atoms with Crippen LogP contribution in [0.1, 0.15) is 17.3 Å². The molecule has 0 unspecified atom stereocenters. The first-order chi connectivity index (χ1) is 8.11. The Morgan fingerprint density at radius 3 is 2.59 bits per heavy atom. The lowest BCUT2D eigenvalue weighted by molar-refractivity contribution is -0.141. The summed E-state index contributed by atoms with van der Waals surface area (Å²) in [6, 6.07) is 8.07. The molecule has 1 saturated heterocycles. The van der Waals surface area contributed by atoms with Crippen LogP contribution in [0.2, 0.25) is 0 Å². The first-order valence-electron chi connectivity index (χ1n) is 5.33. The van der Waals surface area contributed by atoms with Gasteiger partial charge in [-0.3, -0.25) is 4.79 Å². The van der Waals surface area contributed by atoms with Gasteiger partial charge in [-0.2, -0.15) is 0 Å². The minimum absolute atomic E-state index is 0.0937. The quantitative estimate of drug-likeness (QED) is 0.868. The number of carbonyl (C=O) groups excluding carboxylic acids is 1. The van der Waals surface area contributed by atoms with Crippen LogP contribution in [0.25, 0.3) is 0 Å². The molecule has 1 fully saturated rings. The normalized spacial score (nSPS) is 23.7. The number of hydrogen-bond donors (Lipinski definition) is 1. The number of carboxylic acid groups (broad SMARTS) is 1. The number of hydrogen-bond acceptors (Lipinski definition) is 3. The number of carboxylic acids is 1. The number of thioether (sulfide) groups is 1. The Bertz CT molecular complexity index is 435. The highest BCUT2D eigenvalue weighted by atomic mass is 32.2. The molecule has 1 heterocycles.